The van der Waals surface area contributed by atoms with Crippen molar-refractivity contribution in [1.29, 1.82) is 0 Å². The molecular formula is C16H13N3OS. The molecule has 5 heteroatoms. The fourth-order valence-corrected chi connectivity index (χ4v) is 2.70. The van der Waals surface area contributed by atoms with Crippen LogP contribution in [-0.4, -0.2) is 15.9 Å². The maximum Gasteiger partial charge on any atom is 0.263 e. The van der Waals surface area contributed by atoms with Gasteiger partial charge < -0.3 is 5.32 Å². The smallest absolute Gasteiger partial charge is 0.263 e. The molecule has 0 atom stereocenters. The zero-order chi connectivity index (χ0) is 14.5. The van der Waals surface area contributed by atoms with E-state index < -0.39 is 0 Å². The minimum Gasteiger partial charge on any atom is -0.347 e. The standard InChI is InChI=1S/C16H13N3OS/c20-16(18-10-12-6-8-17-9-7-12)15-14(19-11-21-15)13-4-2-1-3-5-13/h1-9,11H,10H2,(H,18,20). The van der Waals surface area contributed by atoms with Crippen LogP contribution in [0.15, 0.2) is 60.4 Å². The van der Waals surface area contributed by atoms with Crippen LogP contribution in [0.5, 0.6) is 0 Å². The Morgan fingerprint density at radius 1 is 1.10 bits per heavy atom. The van der Waals surface area contributed by atoms with Crippen molar-refractivity contribution in [2.75, 3.05) is 0 Å². The molecule has 0 saturated heterocycles. The molecule has 1 amide bonds. The molecule has 0 aliphatic carbocycles. The van der Waals surface area contributed by atoms with E-state index in [0.717, 1.165) is 16.8 Å². The Bertz CT molecular complexity index is 726. The molecule has 4 nitrogen and oxygen atoms in total. The Labute approximate surface area is 126 Å². The van der Waals surface area contributed by atoms with E-state index in [4.69, 9.17) is 0 Å². The zero-order valence-electron chi connectivity index (χ0n) is 11.2. The lowest BCUT2D eigenvalue weighted by molar-refractivity contribution is 0.0955. The van der Waals surface area contributed by atoms with Crippen LogP contribution in [0.25, 0.3) is 11.3 Å². The molecule has 0 bridgehead atoms. The number of benzene rings is 1. The molecule has 0 aliphatic rings. The molecule has 2 aromatic heterocycles. The van der Waals surface area contributed by atoms with Crippen molar-refractivity contribution in [3.8, 4) is 11.3 Å². The van der Waals surface area contributed by atoms with E-state index >= 15 is 0 Å². The van der Waals surface area contributed by atoms with Gasteiger partial charge in [0, 0.05) is 24.5 Å². The molecule has 0 fully saturated rings. The third-order valence-electron chi connectivity index (χ3n) is 3.02. The number of nitrogens with zero attached hydrogens (tertiary/aromatic N) is 2. The number of hydrogen-bond donors (Lipinski definition) is 1. The van der Waals surface area contributed by atoms with Gasteiger partial charge in [-0.2, -0.15) is 0 Å². The number of rotatable bonds is 4. The summed E-state index contributed by atoms with van der Waals surface area (Å²) in [6.45, 7) is 0.480. The molecule has 3 rings (SSSR count). The van der Waals surface area contributed by atoms with Gasteiger partial charge in [-0.05, 0) is 17.7 Å². The first-order valence-corrected chi connectivity index (χ1v) is 7.38. The van der Waals surface area contributed by atoms with Crippen molar-refractivity contribution < 1.29 is 4.79 Å². The molecule has 1 N–H and O–H groups in total. The van der Waals surface area contributed by atoms with Crippen molar-refractivity contribution >= 4 is 17.2 Å². The van der Waals surface area contributed by atoms with Crippen molar-refractivity contribution in [2.45, 2.75) is 6.54 Å². The second-order valence-corrected chi connectivity index (χ2v) is 5.29. The Kier molecular flexibility index (Phi) is 4.02. The first-order valence-electron chi connectivity index (χ1n) is 6.50. The normalized spacial score (nSPS) is 10.3. The SMILES string of the molecule is O=C(NCc1ccncc1)c1scnc1-c1ccccc1. The second-order valence-electron chi connectivity index (χ2n) is 4.43. The maximum atomic E-state index is 12.3. The van der Waals surface area contributed by atoms with E-state index in [1.165, 1.54) is 11.3 Å². The number of aromatic nitrogens is 2. The molecule has 0 saturated carbocycles. The van der Waals surface area contributed by atoms with Crippen LogP contribution in [0, 0.1) is 0 Å². The summed E-state index contributed by atoms with van der Waals surface area (Å²) in [7, 11) is 0. The summed E-state index contributed by atoms with van der Waals surface area (Å²) in [6.07, 6.45) is 3.42. The molecular weight excluding hydrogens is 282 g/mol. The average molecular weight is 295 g/mol. The van der Waals surface area contributed by atoms with Gasteiger partial charge in [0.15, 0.2) is 0 Å². The molecule has 0 spiro atoms. The number of carbonyl (C=O) groups excluding carboxylic acids is 1. The lowest BCUT2D eigenvalue weighted by atomic mass is 10.1. The highest BCUT2D eigenvalue weighted by atomic mass is 32.1. The van der Waals surface area contributed by atoms with E-state index in [9.17, 15) is 4.79 Å². The number of carbonyl (C=O) groups is 1. The highest BCUT2D eigenvalue weighted by Crippen LogP contribution is 2.25. The van der Waals surface area contributed by atoms with Crippen LogP contribution >= 0.6 is 11.3 Å². The van der Waals surface area contributed by atoms with Gasteiger partial charge in [-0.3, -0.25) is 9.78 Å². The number of amides is 1. The summed E-state index contributed by atoms with van der Waals surface area (Å²) in [4.78, 5) is 21.2. The lowest BCUT2D eigenvalue weighted by Gasteiger charge is -2.05. The van der Waals surface area contributed by atoms with Crippen molar-refractivity contribution in [1.82, 2.24) is 15.3 Å². The molecule has 104 valence electrons. The average Bonchev–Trinajstić information content (AvgIpc) is 3.04. The predicted octanol–water partition coefficient (Wildman–Crippen LogP) is 3.14. The predicted molar refractivity (Wildman–Crippen MR) is 83.0 cm³/mol. The Hall–Kier alpha value is -2.53. The second kappa shape index (κ2) is 6.28. The topological polar surface area (TPSA) is 54.9 Å². The van der Waals surface area contributed by atoms with E-state index in [1.807, 2.05) is 42.5 Å². The Morgan fingerprint density at radius 3 is 2.62 bits per heavy atom. The third-order valence-corrected chi connectivity index (χ3v) is 3.85. The van der Waals surface area contributed by atoms with Crippen molar-refractivity contribution in [2.24, 2.45) is 0 Å². The summed E-state index contributed by atoms with van der Waals surface area (Å²) in [5.41, 5.74) is 4.40. The summed E-state index contributed by atoms with van der Waals surface area (Å²) in [6, 6.07) is 13.5. The van der Waals surface area contributed by atoms with Crippen LogP contribution in [0.4, 0.5) is 0 Å². The highest BCUT2D eigenvalue weighted by Gasteiger charge is 2.15. The van der Waals surface area contributed by atoms with E-state index in [2.05, 4.69) is 15.3 Å². The van der Waals surface area contributed by atoms with Gasteiger partial charge >= 0.3 is 0 Å². The van der Waals surface area contributed by atoms with E-state index in [1.54, 1.807) is 17.9 Å². The minimum atomic E-state index is -0.104. The fourth-order valence-electron chi connectivity index (χ4n) is 1.97. The molecule has 21 heavy (non-hydrogen) atoms. The number of thiazole rings is 1. The maximum absolute atomic E-state index is 12.3. The fraction of sp³-hybridized carbons (Fsp3) is 0.0625. The summed E-state index contributed by atoms with van der Waals surface area (Å²) < 4.78 is 0. The van der Waals surface area contributed by atoms with Crippen LogP contribution in [-0.2, 0) is 6.54 Å². The minimum absolute atomic E-state index is 0.104. The lowest BCUT2D eigenvalue weighted by Crippen LogP contribution is -2.22. The van der Waals surface area contributed by atoms with Crippen LogP contribution in [0.2, 0.25) is 0 Å². The van der Waals surface area contributed by atoms with Crippen LogP contribution in [0.3, 0.4) is 0 Å². The van der Waals surface area contributed by atoms with Gasteiger partial charge in [-0.1, -0.05) is 30.3 Å². The summed E-state index contributed by atoms with van der Waals surface area (Å²) >= 11 is 1.35. The molecule has 1 aromatic carbocycles. The van der Waals surface area contributed by atoms with Gasteiger partial charge in [-0.15, -0.1) is 11.3 Å². The van der Waals surface area contributed by atoms with Gasteiger partial charge in [-0.25, -0.2) is 4.98 Å². The third kappa shape index (κ3) is 3.14. The number of nitrogens with one attached hydrogen (secondary N) is 1. The molecule has 0 aliphatic heterocycles. The number of pyridine rings is 1. The van der Waals surface area contributed by atoms with E-state index in [0.29, 0.717) is 11.4 Å². The summed E-state index contributed by atoms with van der Waals surface area (Å²) in [5.74, 6) is -0.104. The number of hydrogen-bond acceptors (Lipinski definition) is 4. The first kappa shape index (κ1) is 13.5. The quantitative estimate of drug-likeness (QED) is 0.804. The largest absolute Gasteiger partial charge is 0.347 e. The highest BCUT2D eigenvalue weighted by molar-refractivity contribution is 7.12. The zero-order valence-corrected chi connectivity index (χ0v) is 12.0. The first-order chi connectivity index (χ1) is 10.3. The molecule has 2 heterocycles. The Balaban J connectivity index is 1.76. The van der Waals surface area contributed by atoms with Crippen molar-refractivity contribution in [3.63, 3.8) is 0 Å². The van der Waals surface area contributed by atoms with Gasteiger partial charge in [0.05, 0.1) is 11.2 Å². The van der Waals surface area contributed by atoms with Crippen LogP contribution in [0.1, 0.15) is 15.2 Å². The Morgan fingerprint density at radius 2 is 1.86 bits per heavy atom. The van der Waals surface area contributed by atoms with Gasteiger partial charge in [0.1, 0.15) is 4.88 Å². The van der Waals surface area contributed by atoms with Crippen LogP contribution < -0.4 is 5.32 Å². The monoisotopic (exact) mass is 295 g/mol. The van der Waals surface area contributed by atoms with Crippen molar-refractivity contribution in [3.05, 3.63) is 70.8 Å². The van der Waals surface area contributed by atoms with Gasteiger partial charge in [0.25, 0.3) is 5.91 Å². The molecule has 0 radical (unpaired) electrons. The van der Waals surface area contributed by atoms with E-state index in [-0.39, 0.29) is 5.91 Å². The summed E-state index contributed by atoms with van der Waals surface area (Å²) in [5, 5.41) is 2.92. The molecule has 3 aromatic rings. The van der Waals surface area contributed by atoms with Gasteiger partial charge in [0.2, 0.25) is 0 Å². The molecule has 0 unspecified atom stereocenters.